The minimum Gasteiger partial charge on any atom is -0.392 e. The number of benzene rings is 1. The Balaban J connectivity index is 2.55. The number of rotatable bonds is 2. The highest BCUT2D eigenvalue weighted by atomic mass is 19.1. The molecule has 2 rings (SSSR count). The van der Waals surface area contributed by atoms with Crippen molar-refractivity contribution < 1.29 is 13.9 Å². The van der Waals surface area contributed by atoms with Gasteiger partial charge in [0.1, 0.15) is 5.82 Å². The van der Waals surface area contributed by atoms with Crippen molar-refractivity contribution in [2.24, 2.45) is 0 Å². The number of nitrogens with zero attached hydrogens (tertiary/aromatic N) is 1. The Morgan fingerprint density at radius 3 is 2.69 bits per heavy atom. The summed E-state index contributed by atoms with van der Waals surface area (Å²) in [6, 6.07) is 7.00. The smallest absolute Gasteiger partial charge is 0.213 e. The zero-order valence-corrected chi connectivity index (χ0v) is 8.32. The lowest BCUT2D eigenvalue weighted by Gasteiger charge is -2.06. The maximum absolute atomic E-state index is 13.0. The first-order chi connectivity index (χ1) is 7.70. The molecule has 0 fully saturated rings. The van der Waals surface area contributed by atoms with Gasteiger partial charge in [0.05, 0.1) is 6.61 Å². The molecule has 2 aromatic rings. The quantitative estimate of drug-likeness (QED) is 0.790. The first kappa shape index (κ1) is 10.7. The molecule has 0 aliphatic rings. The Morgan fingerprint density at radius 2 is 2.00 bits per heavy atom. The van der Waals surface area contributed by atoms with Gasteiger partial charge in [0.25, 0.3) is 0 Å². The molecule has 0 unspecified atom stereocenters. The van der Waals surface area contributed by atoms with Crippen molar-refractivity contribution in [3.63, 3.8) is 0 Å². The highest BCUT2D eigenvalue weighted by molar-refractivity contribution is 5.66. The third-order valence-corrected chi connectivity index (χ3v) is 2.26. The van der Waals surface area contributed by atoms with Gasteiger partial charge in [-0.3, -0.25) is 0 Å². The largest absolute Gasteiger partial charge is 0.392 e. The van der Waals surface area contributed by atoms with Crippen molar-refractivity contribution in [2.75, 3.05) is 0 Å². The summed E-state index contributed by atoms with van der Waals surface area (Å²) >= 11 is 0. The molecule has 0 saturated carbocycles. The summed E-state index contributed by atoms with van der Waals surface area (Å²) < 4.78 is 25.8. The second kappa shape index (κ2) is 4.37. The second-order valence-corrected chi connectivity index (χ2v) is 3.33. The van der Waals surface area contributed by atoms with Gasteiger partial charge in [-0.1, -0.05) is 12.1 Å². The molecule has 0 saturated heterocycles. The van der Waals surface area contributed by atoms with Crippen molar-refractivity contribution in [1.29, 1.82) is 0 Å². The molecular weight excluding hydrogens is 212 g/mol. The van der Waals surface area contributed by atoms with Crippen LogP contribution in [0.3, 0.4) is 0 Å². The van der Waals surface area contributed by atoms with Crippen LogP contribution >= 0.6 is 0 Å². The van der Waals surface area contributed by atoms with E-state index in [-0.39, 0.29) is 12.4 Å². The van der Waals surface area contributed by atoms with E-state index in [9.17, 15) is 8.78 Å². The van der Waals surface area contributed by atoms with E-state index in [1.165, 1.54) is 18.3 Å². The first-order valence-corrected chi connectivity index (χ1v) is 4.72. The number of hydrogen-bond acceptors (Lipinski definition) is 2. The van der Waals surface area contributed by atoms with Crippen molar-refractivity contribution in [3.8, 4) is 11.1 Å². The SMILES string of the molecule is OCc1cc(F)ncc1-c1cccc(F)c1. The predicted molar refractivity (Wildman–Crippen MR) is 55.5 cm³/mol. The maximum Gasteiger partial charge on any atom is 0.213 e. The van der Waals surface area contributed by atoms with Crippen LogP contribution in [0.5, 0.6) is 0 Å². The summed E-state index contributed by atoms with van der Waals surface area (Å²) in [6.45, 7) is -0.314. The van der Waals surface area contributed by atoms with Crippen LogP contribution in [0.4, 0.5) is 8.78 Å². The van der Waals surface area contributed by atoms with Gasteiger partial charge in [-0.25, -0.2) is 9.37 Å². The van der Waals surface area contributed by atoms with Crippen LogP contribution in [0.15, 0.2) is 36.5 Å². The molecule has 0 spiro atoms. The van der Waals surface area contributed by atoms with E-state index >= 15 is 0 Å². The fourth-order valence-corrected chi connectivity index (χ4v) is 1.51. The van der Waals surface area contributed by atoms with Crippen LogP contribution < -0.4 is 0 Å². The average Bonchev–Trinajstić information content (AvgIpc) is 2.28. The molecule has 0 radical (unpaired) electrons. The lowest BCUT2D eigenvalue weighted by atomic mass is 10.0. The summed E-state index contributed by atoms with van der Waals surface area (Å²) in [6.07, 6.45) is 1.29. The average molecular weight is 221 g/mol. The van der Waals surface area contributed by atoms with Gasteiger partial charge in [-0.2, -0.15) is 4.39 Å². The molecular formula is C12H9F2NO. The third kappa shape index (κ3) is 2.06. The van der Waals surface area contributed by atoms with Gasteiger partial charge in [-0.05, 0) is 29.3 Å². The first-order valence-electron chi connectivity index (χ1n) is 4.72. The summed E-state index contributed by atoms with van der Waals surface area (Å²) in [5.74, 6) is -1.05. The van der Waals surface area contributed by atoms with E-state index in [2.05, 4.69) is 4.98 Å². The molecule has 16 heavy (non-hydrogen) atoms. The lowest BCUT2D eigenvalue weighted by molar-refractivity contribution is 0.281. The van der Waals surface area contributed by atoms with Crippen LogP contribution in [-0.2, 0) is 6.61 Å². The minimum atomic E-state index is -0.663. The Morgan fingerprint density at radius 1 is 1.19 bits per heavy atom. The summed E-state index contributed by atoms with van der Waals surface area (Å²) in [5.41, 5.74) is 1.48. The molecule has 1 heterocycles. The van der Waals surface area contributed by atoms with E-state index in [0.717, 1.165) is 6.07 Å². The van der Waals surface area contributed by atoms with Crippen LogP contribution in [0.1, 0.15) is 5.56 Å². The number of aliphatic hydroxyl groups is 1. The lowest BCUT2D eigenvalue weighted by Crippen LogP contribution is -1.94. The van der Waals surface area contributed by atoms with Crippen molar-refractivity contribution in [3.05, 3.63) is 53.9 Å². The standard InChI is InChI=1S/C12H9F2NO/c13-10-3-1-2-8(4-10)11-6-15-12(14)5-9(11)7-16/h1-6,16H,7H2. The molecule has 1 aromatic carbocycles. The molecule has 0 atom stereocenters. The van der Waals surface area contributed by atoms with E-state index in [1.54, 1.807) is 12.1 Å². The van der Waals surface area contributed by atoms with Crippen molar-refractivity contribution >= 4 is 0 Å². The topological polar surface area (TPSA) is 33.1 Å². The summed E-state index contributed by atoms with van der Waals surface area (Å²) in [4.78, 5) is 3.49. The number of hydrogen-bond donors (Lipinski definition) is 1. The Kier molecular flexibility index (Phi) is 2.92. The Hall–Kier alpha value is -1.81. The summed E-state index contributed by atoms with van der Waals surface area (Å²) in [7, 11) is 0. The highest BCUT2D eigenvalue weighted by Gasteiger charge is 2.07. The van der Waals surface area contributed by atoms with Gasteiger partial charge in [0.15, 0.2) is 0 Å². The van der Waals surface area contributed by atoms with Gasteiger partial charge in [0.2, 0.25) is 5.95 Å². The summed E-state index contributed by atoms with van der Waals surface area (Å²) in [5, 5.41) is 9.09. The third-order valence-electron chi connectivity index (χ3n) is 2.26. The maximum atomic E-state index is 13.0. The molecule has 1 aromatic heterocycles. The van der Waals surface area contributed by atoms with E-state index in [1.807, 2.05) is 0 Å². The number of halogens is 2. The van der Waals surface area contributed by atoms with Crippen molar-refractivity contribution in [1.82, 2.24) is 4.98 Å². The normalized spacial score (nSPS) is 10.4. The van der Waals surface area contributed by atoms with Crippen LogP contribution in [-0.4, -0.2) is 10.1 Å². The second-order valence-electron chi connectivity index (χ2n) is 3.33. The van der Waals surface area contributed by atoms with Crippen LogP contribution in [0.25, 0.3) is 11.1 Å². The molecule has 0 amide bonds. The fraction of sp³-hybridized carbons (Fsp3) is 0.0833. The molecule has 0 bridgehead atoms. The monoisotopic (exact) mass is 221 g/mol. The van der Waals surface area contributed by atoms with Crippen LogP contribution in [0, 0.1) is 11.8 Å². The van der Waals surface area contributed by atoms with E-state index < -0.39 is 5.95 Å². The number of aliphatic hydroxyl groups excluding tert-OH is 1. The minimum absolute atomic E-state index is 0.314. The zero-order chi connectivity index (χ0) is 11.5. The Labute approximate surface area is 91.2 Å². The fourth-order valence-electron chi connectivity index (χ4n) is 1.51. The molecule has 2 nitrogen and oxygen atoms in total. The van der Waals surface area contributed by atoms with Gasteiger partial charge < -0.3 is 5.11 Å². The predicted octanol–water partition coefficient (Wildman–Crippen LogP) is 2.52. The number of pyridine rings is 1. The van der Waals surface area contributed by atoms with Gasteiger partial charge >= 0.3 is 0 Å². The van der Waals surface area contributed by atoms with Gasteiger partial charge in [0, 0.05) is 11.8 Å². The molecule has 4 heteroatoms. The zero-order valence-electron chi connectivity index (χ0n) is 8.32. The van der Waals surface area contributed by atoms with E-state index in [0.29, 0.717) is 16.7 Å². The molecule has 0 aliphatic carbocycles. The molecule has 0 aliphatic heterocycles. The van der Waals surface area contributed by atoms with E-state index in [4.69, 9.17) is 5.11 Å². The molecule has 1 N–H and O–H groups in total. The number of aromatic nitrogens is 1. The Bertz CT molecular complexity index is 514. The highest BCUT2D eigenvalue weighted by Crippen LogP contribution is 2.23. The van der Waals surface area contributed by atoms with Gasteiger partial charge in [-0.15, -0.1) is 0 Å². The molecule has 82 valence electrons. The van der Waals surface area contributed by atoms with Crippen molar-refractivity contribution in [2.45, 2.75) is 6.61 Å². The van der Waals surface area contributed by atoms with Crippen LogP contribution in [0.2, 0.25) is 0 Å².